The van der Waals surface area contributed by atoms with Crippen molar-refractivity contribution in [2.45, 2.75) is 45.1 Å². The molecule has 0 aromatic rings. The van der Waals surface area contributed by atoms with Crippen LogP contribution in [0.25, 0.3) is 0 Å². The fourth-order valence-corrected chi connectivity index (χ4v) is 1.07. The maximum absolute atomic E-state index is 11.0. The number of rotatable bonds is 8. The van der Waals surface area contributed by atoms with E-state index in [4.69, 9.17) is 15.6 Å². The molecule has 0 fully saturated rings. The van der Waals surface area contributed by atoms with Crippen molar-refractivity contribution < 1.29 is 14.6 Å². The highest BCUT2D eigenvalue weighted by Gasteiger charge is 2.14. The summed E-state index contributed by atoms with van der Waals surface area (Å²) >= 11 is 0. The summed E-state index contributed by atoms with van der Waals surface area (Å²) in [6.45, 7) is 2.82. The van der Waals surface area contributed by atoms with Crippen molar-refractivity contribution in [3.05, 3.63) is 0 Å². The first kappa shape index (κ1) is 13.4. The predicted octanol–water partition coefficient (Wildman–Crippen LogP) is 0.820. The summed E-state index contributed by atoms with van der Waals surface area (Å²) in [4.78, 5) is 11.0. The molecule has 0 saturated heterocycles. The number of aliphatic hydroxyl groups excluding tert-OH is 1. The number of unbranched alkanes of at least 4 members (excludes halogenated alkanes) is 3. The minimum Gasteiger partial charge on any atom is -0.464 e. The molecule has 1 unspecified atom stereocenters. The number of carbonyl (C=O) groups excluding carboxylic acids is 1. The minimum atomic E-state index is -1.05. The van der Waals surface area contributed by atoms with E-state index in [1.54, 1.807) is 0 Å². The number of nitrogens with two attached hydrogens (primary N) is 1. The summed E-state index contributed by atoms with van der Waals surface area (Å²) in [5, 5.41) is 9.17. The van der Waals surface area contributed by atoms with Crippen LogP contribution in [-0.4, -0.2) is 30.3 Å². The van der Waals surface area contributed by atoms with Gasteiger partial charge in [-0.15, -0.1) is 0 Å². The summed E-state index contributed by atoms with van der Waals surface area (Å²) in [6, 6.07) is 0. The molecule has 0 rings (SSSR count). The molecule has 1 atom stereocenters. The monoisotopic (exact) mass is 203 g/mol. The highest BCUT2D eigenvalue weighted by atomic mass is 16.5. The van der Waals surface area contributed by atoms with Gasteiger partial charge in [0.25, 0.3) is 0 Å². The lowest BCUT2D eigenvalue weighted by Gasteiger charge is -2.09. The van der Waals surface area contributed by atoms with E-state index in [9.17, 15) is 4.79 Å². The lowest BCUT2D eigenvalue weighted by molar-refractivity contribution is -0.153. The maximum atomic E-state index is 11.0. The molecule has 0 aromatic carbocycles. The van der Waals surface area contributed by atoms with Crippen molar-refractivity contribution in [2.24, 2.45) is 5.73 Å². The molecule has 0 heterocycles. The van der Waals surface area contributed by atoms with Crippen LogP contribution in [0, 0.1) is 0 Å². The minimum absolute atomic E-state index is 0.272. The van der Waals surface area contributed by atoms with Crippen LogP contribution in [0.3, 0.4) is 0 Å². The van der Waals surface area contributed by atoms with Gasteiger partial charge in [-0.05, 0) is 19.4 Å². The molecular formula is C10H21NO3. The van der Waals surface area contributed by atoms with Crippen molar-refractivity contribution in [3.63, 3.8) is 0 Å². The number of aliphatic hydroxyl groups is 1. The highest BCUT2D eigenvalue weighted by Crippen LogP contribution is 2.00. The van der Waals surface area contributed by atoms with Crippen LogP contribution >= 0.6 is 0 Å². The molecule has 0 bridgehead atoms. The van der Waals surface area contributed by atoms with Crippen molar-refractivity contribution in [2.75, 3.05) is 13.2 Å². The van der Waals surface area contributed by atoms with E-state index < -0.39 is 12.1 Å². The molecule has 0 amide bonds. The van der Waals surface area contributed by atoms with E-state index in [0.29, 0.717) is 13.2 Å². The standard InChI is InChI=1S/C10H21NO3/c1-2-3-4-5-8-14-10(13)9(12)6-7-11/h9,12H,2-8,11H2,1H3. The molecule has 0 radical (unpaired) electrons. The van der Waals surface area contributed by atoms with E-state index in [1.807, 2.05) is 0 Å². The molecule has 0 aliphatic rings. The number of ether oxygens (including phenoxy) is 1. The predicted molar refractivity (Wildman–Crippen MR) is 54.8 cm³/mol. The summed E-state index contributed by atoms with van der Waals surface area (Å²) in [6.07, 6.45) is 3.47. The van der Waals surface area contributed by atoms with Gasteiger partial charge in [0.2, 0.25) is 0 Å². The smallest absolute Gasteiger partial charge is 0.335 e. The lowest BCUT2D eigenvalue weighted by atomic mass is 10.2. The van der Waals surface area contributed by atoms with Gasteiger partial charge in [0, 0.05) is 0 Å². The van der Waals surface area contributed by atoms with Gasteiger partial charge in [-0.3, -0.25) is 0 Å². The number of hydrogen-bond donors (Lipinski definition) is 2. The van der Waals surface area contributed by atoms with Crippen molar-refractivity contribution in [3.8, 4) is 0 Å². The van der Waals surface area contributed by atoms with E-state index >= 15 is 0 Å². The van der Waals surface area contributed by atoms with Gasteiger partial charge in [0.05, 0.1) is 6.61 Å². The van der Waals surface area contributed by atoms with Gasteiger partial charge in [0.1, 0.15) is 0 Å². The van der Waals surface area contributed by atoms with Crippen LogP contribution in [0.5, 0.6) is 0 Å². The first-order valence-corrected chi connectivity index (χ1v) is 5.27. The van der Waals surface area contributed by atoms with E-state index in [0.717, 1.165) is 25.7 Å². The normalized spacial score (nSPS) is 12.5. The molecule has 0 spiro atoms. The van der Waals surface area contributed by atoms with E-state index in [1.165, 1.54) is 0 Å². The number of hydrogen-bond acceptors (Lipinski definition) is 4. The van der Waals surface area contributed by atoms with E-state index in [-0.39, 0.29) is 6.42 Å². The van der Waals surface area contributed by atoms with E-state index in [2.05, 4.69) is 6.92 Å². The first-order valence-electron chi connectivity index (χ1n) is 5.27. The molecule has 4 nitrogen and oxygen atoms in total. The average Bonchev–Trinajstić information content (AvgIpc) is 2.17. The second-order valence-electron chi connectivity index (χ2n) is 3.32. The summed E-state index contributed by atoms with van der Waals surface area (Å²) in [5.41, 5.74) is 5.19. The summed E-state index contributed by atoms with van der Waals surface area (Å²) in [5.74, 6) is -0.549. The molecule has 14 heavy (non-hydrogen) atoms. The van der Waals surface area contributed by atoms with Crippen molar-refractivity contribution in [1.29, 1.82) is 0 Å². The largest absolute Gasteiger partial charge is 0.464 e. The Morgan fingerprint density at radius 2 is 2.14 bits per heavy atom. The number of esters is 1. The Kier molecular flexibility index (Phi) is 8.57. The summed E-state index contributed by atoms with van der Waals surface area (Å²) < 4.78 is 4.86. The molecule has 0 aliphatic carbocycles. The molecule has 84 valence electrons. The third-order valence-corrected chi connectivity index (χ3v) is 1.95. The van der Waals surface area contributed by atoms with Gasteiger partial charge in [-0.1, -0.05) is 26.2 Å². The van der Waals surface area contributed by atoms with Gasteiger partial charge in [0.15, 0.2) is 6.10 Å². The van der Waals surface area contributed by atoms with Crippen molar-refractivity contribution in [1.82, 2.24) is 0 Å². The first-order chi connectivity index (χ1) is 6.72. The third-order valence-electron chi connectivity index (χ3n) is 1.95. The van der Waals surface area contributed by atoms with Crippen LogP contribution in [0.15, 0.2) is 0 Å². The zero-order valence-corrected chi connectivity index (χ0v) is 8.87. The molecule has 3 N–H and O–H groups in total. The fraction of sp³-hybridized carbons (Fsp3) is 0.900. The zero-order chi connectivity index (χ0) is 10.8. The molecule has 0 aliphatic heterocycles. The second kappa shape index (κ2) is 8.97. The Morgan fingerprint density at radius 3 is 2.71 bits per heavy atom. The Hall–Kier alpha value is -0.610. The maximum Gasteiger partial charge on any atom is 0.335 e. The zero-order valence-electron chi connectivity index (χ0n) is 8.87. The summed E-state index contributed by atoms with van der Waals surface area (Å²) in [7, 11) is 0. The Balaban J connectivity index is 3.34. The van der Waals surface area contributed by atoms with Gasteiger partial charge in [-0.2, -0.15) is 0 Å². The molecule has 0 saturated carbocycles. The van der Waals surface area contributed by atoms with Gasteiger partial charge >= 0.3 is 5.97 Å². The quantitative estimate of drug-likeness (QED) is 0.452. The van der Waals surface area contributed by atoms with Crippen LogP contribution in [-0.2, 0) is 9.53 Å². The van der Waals surface area contributed by atoms with Crippen LogP contribution in [0.1, 0.15) is 39.0 Å². The number of carbonyl (C=O) groups is 1. The highest BCUT2D eigenvalue weighted by molar-refractivity contribution is 5.74. The van der Waals surface area contributed by atoms with Gasteiger partial charge < -0.3 is 15.6 Å². The van der Waals surface area contributed by atoms with Gasteiger partial charge in [-0.25, -0.2) is 4.79 Å². The van der Waals surface area contributed by atoms with Crippen molar-refractivity contribution >= 4 is 5.97 Å². The Labute approximate surface area is 85.4 Å². The Morgan fingerprint density at radius 1 is 1.43 bits per heavy atom. The van der Waals surface area contributed by atoms with Crippen LogP contribution in [0.2, 0.25) is 0 Å². The Bertz CT molecular complexity index is 150. The molecule has 4 heteroatoms. The van der Waals surface area contributed by atoms with Crippen LogP contribution in [0.4, 0.5) is 0 Å². The van der Waals surface area contributed by atoms with Crippen LogP contribution < -0.4 is 5.73 Å². The molecule has 0 aromatic heterocycles. The third kappa shape index (κ3) is 6.86. The molecular weight excluding hydrogens is 182 g/mol. The fourth-order valence-electron chi connectivity index (χ4n) is 1.07. The average molecular weight is 203 g/mol. The SMILES string of the molecule is CCCCCCOC(=O)C(O)CCN. The topological polar surface area (TPSA) is 72.5 Å². The lowest BCUT2D eigenvalue weighted by Crippen LogP contribution is -2.26. The second-order valence-corrected chi connectivity index (χ2v) is 3.32.